The number of nitrogens with one attached hydrogen (secondary N) is 2. The van der Waals surface area contributed by atoms with Gasteiger partial charge in [0, 0.05) is 11.6 Å². The van der Waals surface area contributed by atoms with Gasteiger partial charge in [0.05, 0.1) is 16.4 Å². The lowest BCUT2D eigenvalue weighted by Crippen LogP contribution is -2.11. The first-order valence-electron chi connectivity index (χ1n) is 6.92. The zero-order chi connectivity index (χ0) is 16.4. The standard InChI is InChI=1S/C17H13ClFN3O/c1-10-5-7-11(8-6-10)14-9-15(23)22-17(21-14)20-13-4-2-3-12(18)16(13)19/h2-9H,1H3,(H2,20,21,22,23). The molecule has 23 heavy (non-hydrogen) atoms. The number of aromatic nitrogens is 2. The Balaban J connectivity index is 1.99. The zero-order valence-electron chi connectivity index (χ0n) is 12.2. The average molecular weight is 330 g/mol. The summed E-state index contributed by atoms with van der Waals surface area (Å²) in [7, 11) is 0. The van der Waals surface area contributed by atoms with Crippen molar-refractivity contribution in [1.82, 2.24) is 9.97 Å². The van der Waals surface area contributed by atoms with Gasteiger partial charge in [-0.1, -0.05) is 47.5 Å². The average Bonchev–Trinajstić information content (AvgIpc) is 2.52. The summed E-state index contributed by atoms with van der Waals surface area (Å²) in [6, 6.07) is 13.6. The van der Waals surface area contributed by atoms with E-state index in [1.165, 1.54) is 18.2 Å². The van der Waals surface area contributed by atoms with Crippen LogP contribution in [0.25, 0.3) is 11.3 Å². The zero-order valence-corrected chi connectivity index (χ0v) is 13.0. The van der Waals surface area contributed by atoms with Crippen LogP contribution in [0.5, 0.6) is 0 Å². The van der Waals surface area contributed by atoms with Gasteiger partial charge in [0.15, 0.2) is 5.82 Å². The van der Waals surface area contributed by atoms with Crippen LogP contribution in [0.4, 0.5) is 16.0 Å². The number of halogens is 2. The lowest BCUT2D eigenvalue weighted by atomic mass is 10.1. The number of hydrogen-bond donors (Lipinski definition) is 2. The molecule has 116 valence electrons. The van der Waals surface area contributed by atoms with Crippen LogP contribution in [0, 0.1) is 12.7 Å². The molecule has 6 heteroatoms. The third kappa shape index (κ3) is 3.40. The van der Waals surface area contributed by atoms with Crippen LogP contribution < -0.4 is 10.9 Å². The van der Waals surface area contributed by atoms with Crippen LogP contribution in [0.15, 0.2) is 53.3 Å². The van der Waals surface area contributed by atoms with Crippen LogP contribution in [-0.4, -0.2) is 9.97 Å². The molecular weight excluding hydrogens is 317 g/mol. The van der Waals surface area contributed by atoms with Crippen molar-refractivity contribution >= 4 is 23.2 Å². The van der Waals surface area contributed by atoms with Crippen LogP contribution in [0.1, 0.15) is 5.56 Å². The number of aromatic amines is 1. The van der Waals surface area contributed by atoms with E-state index in [-0.39, 0.29) is 22.2 Å². The first kappa shape index (κ1) is 15.2. The number of rotatable bonds is 3. The molecule has 0 unspecified atom stereocenters. The molecule has 0 saturated heterocycles. The van der Waals surface area contributed by atoms with E-state index in [1.807, 2.05) is 31.2 Å². The molecule has 0 aliphatic rings. The molecule has 2 aromatic carbocycles. The highest BCUT2D eigenvalue weighted by atomic mass is 35.5. The molecule has 0 atom stereocenters. The first-order valence-corrected chi connectivity index (χ1v) is 7.30. The van der Waals surface area contributed by atoms with Crippen molar-refractivity contribution in [1.29, 1.82) is 0 Å². The highest BCUT2D eigenvalue weighted by molar-refractivity contribution is 6.31. The summed E-state index contributed by atoms with van der Waals surface area (Å²) in [4.78, 5) is 18.7. The number of hydrogen-bond acceptors (Lipinski definition) is 3. The largest absolute Gasteiger partial charge is 0.323 e. The van der Waals surface area contributed by atoms with Gasteiger partial charge in [-0.25, -0.2) is 9.37 Å². The third-order valence-corrected chi connectivity index (χ3v) is 3.59. The molecule has 2 N–H and O–H groups in total. The van der Waals surface area contributed by atoms with Gasteiger partial charge in [-0.05, 0) is 19.1 Å². The summed E-state index contributed by atoms with van der Waals surface area (Å²) >= 11 is 5.75. The molecule has 0 bridgehead atoms. The minimum absolute atomic E-state index is 0.00737. The smallest absolute Gasteiger partial charge is 0.252 e. The molecule has 0 radical (unpaired) electrons. The maximum atomic E-state index is 13.9. The molecule has 0 fully saturated rings. The van der Waals surface area contributed by atoms with Gasteiger partial charge in [0.25, 0.3) is 5.56 Å². The van der Waals surface area contributed by atoms with Gasteiger partial charge in [-0.15, -0.1) is 0 Å². The Labute approximate surface area is 137 Å². The normalized spacial score (nSPS) is 10.6. The minimum Gasteiger partial charge on any atom is -0.323 e. The highest BCUT2D eigenvalue weighted by Gasteiger charge is 2.09. The van der Waals surface area contributed by atoms with Crippen molar-refractivity contribution in [3.05, 3.63) is 75.3 Å². The minimum atomic E-state index is -0.599. The van der Waals surface area contributed by atoms with Gasteiger partial charge in [0.2, 0.25) is 5.95 Å². The summed E-state index contributed by atoms with van der Waals surface area (Å²) in [5, 5.41) is 2.74. The monoisotopic (exact) mass is 329 g/mol. The fraction of sp³-hybridized carbons (Fsp3) is 0.0588. The fourth-order valence-corrected chi connectivity index (χ4v) is 2.29. The van der Waals surface area contributed by atoms with E-state index >= 15 is 0 Å². The molecule has 1 heterocycles. The number of anilines is 2. The van der Waals surface area contributed by atoms with Crippen molar-refractivity contribution < 1.29 is 4.39 Å². The Morgan fingerprint density at radius 3 is 2.65 bits per heavy atom. The summed E-state index contributed by atoms with van der Waals surface area (Å²) in [6.45, 7) is 1.98. The molecule has 0 amide bonds. The molecule has 0 aliphatic carbocycles. The molecule has 0 saturated carbocycles. The summed E-state index contributed by atoms with van der Waals surface area (Å²) in [6.07, 6.45) is 0. The topological polar surface area (TPSA) is 57.8 Å². The van der Waals surface area contributed by atoms with Gasteiger partial charge in [-0.3, -0.25) is 9.78 Å². The molecule has 1 aromatic heterocycles. The molecule has 3 rings (SSSR count). The second kappa shape index (κ2) is 6.22. The van der Waals surface area contributed by atoms with Crippen LogP contribution in [0.2, 0.25) is 5.02 Å². The van der Waals surface area contributed by atoms with Gasteiger partial charge in [0.1, 0.15) is 0 Å². The van der Waals surface area contributed by atoms with E-state index in [9.17, 15) is 9.18 Å². The second-order valence-electron chi connectivity index (χ2n) is 5.07. The summed E-state index contributed by atoms with van der Waals surface area (Å²) in [5.41, 5.74) is 2.22. The highest BCUT2D eigenvalue weighted by Crippen LogP contribution is 2.24. The third-order valence-electron chi connectivity index (χ3n) is 3.29. The lowest BCUT2D eigenvalue weighted by Gasteiger charge is -2.09. The van der Waals surface area contributed by atoms with E-state index in [0.29, 0.717) is 5.69 Å². The Kier molecular flexibility index (Phi) is 4.12. The van der Waals surface area contributed by atoms with E-state index in [2.05, 4.69) is 15.3 Å². The van der Waals surface area contributed by atoms with Crippen molar-refractivity contribution in [2.24, 2.45) is 0 Å². The fourth-order valence-electron chi connectivity index (χ4n) is 2.12. The Morgan fingerprint density at radius 1 is 1.17 bits per heavy atom. The molecule has 4 nitrogen and oxygen atoms in total. The van der Waals surface area contributed by atoms with Crippen LogP contribution in [0.3, 0.4) is 0 Å². The predicted molar refractivity (Wildman–Crippen MR) is 89.7 cm³/mol. The molecular formula is C17H13ClFN3O. The van der Waals surface area contributed by atoms with E-state index in [4.69, 9.17) is 11.6 Å². The van der Waals surface area contributed by atoms with Gasteiger partial charge >= 0.3 is 0 Å². The van der Waals surface area contributed by atoms with Crippen LogP contribution in [-0.2, 0) is 0 Å². The number of benzene rings is 2. The van der Waals surface area contributed by atoms with Crippen molar-refractivity contribution in [2.75, 3.05) is 5.32 Å². The number of aryl methyl sites for hydroxylation is 1. The lowest BCUT2D eigenvalue weighted by molar-refractivity contribution is 0.632. The SMILES string of the molecule is Cc1ccc(-c2cc(=O)[nH]c(Nc3cccc(Cl)c3F)n2)cc1. The summed E-state index contributed by atoms with van der Waals surface area (Å²) in [5.74, 6) is -0.452. The van der Waals surface area contributed by atoms with Gasteiger partial charge < -0.3 is 5.32 Å². The van der Waals surface area contributed by atoms with E-state index in [0.717, 1.165) is 11.1 Å². The van der Waals surface area contributed by atoms with Crippen molar-refractivity contribution in [3.8, 4) is 11.3 Å². The predicted octanol–water partition coefficient (Wildman–Crippen LogP) is 4.28. The molecule has 0 aliphatic heterocycles. The quantitative estimate of drug-likeness (QED) is 0.754. The van der Waals surface area contributed by atoms with Crippen LogP contribution >= 0.6 is 11.6 Å². The number of H-pyrrole nitrogens is 1. The molecule has 0 spiro atoms. The summed E-state index contributed by atoms with van der Waals surface area (Å²) < 4.78 is 13.9. The Hall–Kier alpha value is -2.66. The maximum Gasteiger partial charge on any atom is 0.252 e. The maximum absolute atomic E-state index is 13.9. The number of nitrogens with zero attached hydrogens (tertiary/aromatic N) is 1. The van der Waals surface area contributed by atoms with Gasteiger partial charge in [-0.2, -0.15) is 0 Å². The van der Waals surface area contributed by atoms with Crippen molar-refractivity contribution in [3.63, 3.8) is 0 Å². The first-order chi connectivity index (χ1) is 11.0. The molecule has 3 aromatic rings. The van der Waals surface area contributed by atoms with E-state index < -0.39 is 5.82 Å². The van der Waals surface area contributed by atoms with Crippen molar-refractivity contribution in [2.45, 2.75) is 6.92 Å². The Morgan fingerprint density at radius 2 is 1.91 bits per heavy atom. The second-order valence-corrected chi connectivity index (χ2v) is 5.48. The van der Waals surface area contributed by atoms with E-state index in [1.54, 1.807) is 6.07 Å². The Bertz CT molecular complexity index is 906.